The van der Waals surface area contributed by atoms with Crippen molar-refractivity contribution in [1.82, 2.24) is 28.7 Å². The highest BCUT2D eigenvalue weighted by Gasteiger charge is 2.51. The van der Waals surface area contributed by atoms with Gasteiger partial charge in [-0.3, -0.25) is 14.3 Å². The summed E-state index contributed by atoms with van der Waals surface area (Å²) in [5.74, 6) is -1.95. The Kier molecular flexibility index (Phi) is 9.44. The van der Waals surface area contributed by atoms with E-state index in [-0.39, 0.29) is 22.9 Å². The summed E-state index contributed by atoms with van der Waals surface area (Å²) in [4.78, 5) is 47.5. The molecule has 45 heavy (non-hydrogen) atoms. The van der Waals surface area contributed by atoms with Crippen molar-refractivity contribution < 1.29 is 27.9 Å². The Morgan fingerprint density at radius 2 is 1.89 bits per heavy atom. The molecule has 15 heteroatoms. The molecule has 1 aliphatic rings. The Morgan fingerprint density at radius 1 is 1.16 bits per heavy atom. The molecule has 2 N–H and O–H groups in total. The van der Waals surface area contributed by atoms with E-state index in [1.807, 2.05) is 13.0 Å². The van der Waals surface area contributed by atoms with Gasteiger partial charge in [0.25, 0.3) is 0 Å². The highest BCUT2D eigenvalue weighted by atomic mass is 32.2. The molecule has 0 radical (unpaired) electrons. The Morgan fingerprint density at radius 3 is 2.56 bits per heavy atom. The number of hydrogen-bond donors (Lipinski definition) is 2. The quantitative estimate of drug-likeness (QED) is 0.217. The molecule has 1 fully saturated rings. The third-order valence-corrected chi connectivity index (χ3v) is 10.9. The van der Waals surface area contributed by atoms with Crippen LogP contribution in [0.1, 0.15) is 26.3 Å². The number of carbonyl (C=O) groups excluding carboxylic acids is 1. The summed E-state index contributed by atoms with van der Waals surface area (Å²) >= 11 is 1.29. The van der Waals surface area contributed by atoms with Gasteiger partial charge in [-0.2, -0.15) is 4.31 Å². The van der Waals surface area contributed by atoms with E-state index in [4.69, 9.17) is 4.74 Å². The second-order valence-corrected chi connectivity index (χ2v) is 14.4. The van der Waals surface area contributed by atoms with E-state index < -0.39 is 38.7 Å². The largest absolute Gasteiger partial charge is 0.480 e. The average molecular weight is 655 g/mol. The van der Waals surface area contributed by atoms with Crippen LogP contribution in [0, 0.1) is 0 Å². The first-order chi connectivity index (χ1) is 21.5. The molecule has 0 saturated carbocycles. The predicted octanol–water partition coefficient (Wildman–Crippen LogP) is 2.27. The first kappa shape index (κ1) is 32.3. The van der Waals surface area contributed by atoms with E-state index in [0.717, 1.165) is 4.31 Å². The van der Waals surface area contributed by atoms with Crippen LogP contribution in [0.25, 0.3) is 16.9 Å². The number of carbonyl (C=O) groups is 2. The number of rotatable bonds is 12. The first-order valence-corrected chi connectivity index (χ1v) is 16.7. The highest BCUT2D eigenvalue weighted by Crippen LogP contribution is 2.42. The number of carboxylic acid groups (broad SMARTS) is 1. The first-order valence-electron chi connectivity index (χ1n) is 14.3. The fourth-order valence-electron chi connectivity index (χ4n) is 5.32. The fraction of sp³-hybridized carbons (Fsp3) is 0.367. The molecular weight excluding hydrogens is 620 g/mol. The molecule has 1 aliphatic heterocycles. The molecule has 0 unspecified atom stereocenters. The van der Waals surface area contributed by atoms with Crippen LogP contribution in [0.5, 0.6) is 0 Å². The Balaban J connectivity index is 1.36. The monoisotopic (exact) mass is 654 g/mol. The number of benzene rings is 1. The summed E-state index contributed by atoms with van der Waals surface area (Å²) in [6, 6.07) is 10.7. The van der Waals surface area contributed by atoms with E-state index in [1.165, 1.54) is 40.9 Å². The molecule has 13 nitrogen and oxygen atoms in total. The van der Waals surface area contributed by atoms with Gasteiger partial charge in [-0.25, -0.2) is 27.6 Å². The summed E-state index contributed by atoms with van der Waals surface area (Å²) in [6.07, 6.45) is 4.20. The van der Waals surface area contributed by atoms with Crippen molar-refractivity contribution in [2.45, 2.75) is 55.5 Å². The van der Waals surface area contributed by atoms with E-state index in [2.05, 4.69) is 15.3 Å². The molecule has 0 bridgehead atoms. The minimum atomic E-state index is -4.07. The van der Waals surface area contributed by atoms with Crippen LogP contribution in [-0.2, 0) is 37.3 Å². The Bertz CT molecular complexity index is 1860. The van der Waals surface area contributed by atoms with Crippen LogP contribution in [0.4, 0.5) is 0 Å². The number of nitrogens with one attached hydrogen (secondary N) is 1. The lowest BCUT2D eigenvalue weighted by molar-refractivity contribution is -0.142. The Labute approximate surface area is 264 Å². The molecule has 1 saturated heterocycles. The predicted molar refractivity (Wildman–Crippen MR) is 169 cm³/mol. The molecule has 0 aliphatic carbocycles. The van der Waals surface area contributed by atoms with Crippen molar-refractivity contribution in [3.63, 3.8) is 0 Å². The molecule has 4 aromatic rings. The van der Waals surface area contributed by atoms with Crippen LogP contribution >= 0.6 is 11.8 Å². The summed E-state index contributed by atoms with van der Waals surface area (Å²) in [5.41, 5.74) is 1.99. The number of nitrogens with zero attached hydrogens (tertiary/aromatic N) is 5. The van der Waals surface area contributed by atoms with Gasteiger partial charge in [-0.05, 0) is 62.7 Å². The van der Waals surface area contributed by atoms with Crippen molar-refractivity contribution in [3.8, 4) is 5.69 Å². The minimum absolute atomic E-state index is 0.0256. The second kappa shape index (κ2) is 13.1. The topological polar surface area (TPSA) is 166 Å². The van der Waals surface area contributed by atoms with Gasteiger partial charge in [0, 0.05) is 36.4 Å². The number of carboxylic acids is 1. The highest BCUT2D eigenvalue weighted by molar-refractivity contribution is 8.02. The minimum Gasteiger partial charge on any atom is -0.480 e. The zero-order valence-corrected chi connectivity index (χ0v) is 26.6. The number of thioether (sulfide) groups is 1. The average Bonchev–Trinajstić information content (AvgIpc) is 3.50. The molecule has 2 atom stereocenters. The summed E-state index contributed by atoms with van der Waals surface area (Å²) in [5, 5.41) is 12.6. The number of imidazole rings is 1. The van der Waals surface area contributed by atoms with E-state index in [9.17, 15) is 27.9 Å². The second-order valence-electron chi connectivity index (χ2n) is 10.9. The number of sulfonamides is 1. The maximum Gasteiger partial charge on any atom is 0.335 e. The van der Waals surface area contributed by atoms with Crippen LogP contribution in [-0.4, -0.2) is 84.7 Å². The molecule has 1 aromatic carbocycles. The maximum atomic E-state index is 13.6. The van der Waals surface area contributed by atoms with Crippen molar-refractivity contribution in [3.05, 3.63) is 83.2 Å². The smallest absolute Gasteiger partial charge is 0.335 e. The van der Waals surface area contributed by atoms with Gasteiger partial charge in [-0.1, -0.05) is 12.1 Å². The van der Waals surface area contributed by atoms with Crippen LogP contribution < -0.4 is 11.0 Å². The molecule has 238 valence electrons. The number of fused-ring (bicyclic) bond motifs is 1. The van der Waals surface area contributed by atoms with Crippen LogP contribution in [0.15, 0.2) is 76.8 Å². The molecule has 1 amide bonds. The van der Waals surface area contributed by atoms with Crippen LogP contribution in [0.2, 0.25) is 0 Å². The number of pyridine rings is 2. The zero-order chi connectivity index (χ0) is 32.4. The van der Waals surface area contributed by atoms with Gasteiger partial charge in [0.15, 0.2) is 5.65 Å². The fourth-order valence-corrected chi connectivity index (χ4v) is 8.46. The standard InChI is InChI=1S/C30H34N6O7S2/c1-4-43-16-15-34-24-8-6-14-32-26(24)36(29(34)40)21-11-9-20(10-12-21)17-23(28(38)39)33-27(37)25-30(2,3)44-19-35(25)45(41,42)22-7-5-13-31-18-22/h5-14,18,23,25H,4,15-17,19H2,1-3H3,(H,33,37)(H,38,39)/t23-,25+/m0/s1. The third-order valence-electron chi connectivity index (χ3n) is 7.60. The zero-order valence-electron chi connectivity index (χ0n) is 25.0. The van der Waals surface area contributed by atoms with E-state index in [0.29, 0.717) is 42.2 Å². The lowest BCUT2D eigenvalue weighted by Crippen LogP contribution is -2.56. The molecular formula is C30H34N6O7S2. The van der Waals surface area contributed by atoms with Gasteiger partial charge in [0.05, 0.1) is 30.2 Å². The Hall–Kier alpha value is -4.05. The third kappa shape index (κ3) is 6.52. The van der Waals surface area contributed by atoms with E-state index in [1.54, 1.807) is 54.9 Å². The van der Waals surface area contributed by atoms with Gasteiger partial charge in [0.1, 0.15) is 17.0 Å². The molecule has 4 heterocycles. The number of aromatic nitrogens is 4. The van der Waals surface area contributed by atoms with Gasteiger partial charge in [-0.15, -0.1) is 11.8 Å². The van der Waals surface area contributed by atoms with Gasteiger partial charge < -0.3 is 15.2 Å². The normalized spacial score (nSPS) is 17.4. The van der Waals surface area contributed by atoms with Gasteiger partial charge in [0.2, 0.25) is 15.9 Å². The number of aliphatic carboxylic acids is 1. The number of ether oxygens (including phenoxy) is 1. The van der Waals surface area contributed by atoms with Crippen molar-refractivity contribution in [2.75, 3.05) is 19.1 Å². The number of hydrogen-bond acceptors (Lipinski definition) is 9. The van der Waals surface area contributed by atoms with Crippen molar-refractivity contribution in [2.24, 2.45) is 0 Å². The van der Waals surface area contributed by atoms with Gasteiger partial charge >= 0.3 is 11.7 Å². The lowest BCUT2D eigenvalue weighted by atomic mass is 10.0. The molecule has 0 spiro atoms. The number of amides is 1. The van der Waals surface area contributed by atoms with Crippen LogP contribution in [0.3, 0.4) is 0 Å². The van der Waals surface area contributed by atoms with Crippen molar-refractivity contribution >= 4 is 44.8 Å². The SMILES string of the molecule is CCOCCn1c(=O)n(-c2ccc(C[C@H](NC(=O)[C@H]3N(S(=O)(=O)c4cccnc4)CSC3(C)C)C(=O)O)cc2)c2ncccc21. The summed E-state index contributed by atoms with van der Waals surface area (Å²) in [6.45, 7) is 6.64. The summed E-state index contributed by atoms with van der Waals surface area (Å²) in [7, 11) is -4.07. The summed E-state index contributed by atoms with van der Waals surface area (Å²) < 4.78 is 35.6. The van der Waals surface area contributed by atoms with Crippen molar-refractivity contribution in [1.29, 1.82) is 0 Å². The molecule has 3 aromatic heterocycles. The molecule has 5 rings (SSSR count). The van der Waals surface area contributed by atoms with E-state index >= 15 is 0 Å². The lowest BCUT2D eigenvalue weighted by Gasteiger charge is -2.30. The maximum absolute atomic E-state index is 13.6.